The molecule has 18 heavy (non-hydrogen) atoms. The zero-order valence-electron chi connectivity index (χ0n) is 11.4. The van der Waals surface area contributed by atoms with Gasteiger partial charge in [-0.25, -0.2) is 0 Å². The molecule has 0 aromatic rings. The largest absolute Gasteiger partial charge is 0.481 e. The van der Waals surface area contributed by atoms with Crippen molar-refractivity contribution in [3.05, 3.63) is 11.6 Å². The Balaban J connectivity index is 1.93. The van der Waals surface area contributed by atoms with E-state index in [0.29, 0.717) is 12.3 Å². The van der Waals surface area contributed by atoms with E-state index in [1.165, 1.54) is 5.57 Å². The normalized spacial score (nSPS) is 35.7. The fraction of sp³-hybridized carbons (Fsp3) is 0.733. The van der Waals surface area contributed by atoms with Crippen LogP contribution < -0.4 is 0 Å². The third-order valence-corrected chi connectivity index (χ3v) is 5.10. The van der Waals surface area contributed by atoms with Crippen LogP contribution in [0.25, 0.3) is 0 Å². The van der Waals surface area contributed by atoms with Gasteiger partial charge in [0.1, 0.15) is 0 Å². The summed E-state index contributed by atoms with van der Waals surface area (Å²) < 4.78 is 0. The molecule has 0 spiro atoms. The molecule has 4 atom stereocenters. The number of hydrogen-bond acceptors (Lipinski definition) is 2. The summed E-state index contributed by atoms with van der Waals surface area (Å²) in [5, 5.41) is 8.86. The van der Waals surface area contributed by atoms with E-state index in [2.05, 4.69) is 13.8 Å². The average Bonchev–Trinajstić information content (AvgIpc) is 2.26. The average molecular weight is 250 g/mol. The van der Waals surface area contributed by atoms with E-state index < -0.39 is 5.97 Å². The lowest BCUT2D eigenvalue weighted by molar-refractivity contribution is -0.142. The van der Waals surface area contributed by atoms with Gasteiger partial charge in [-0.3, -0.25) is 9.59 Å². The van der Waals surface area contributed by atoms with Crippen LogP contribution in [0.3, 0.4) is 0 Å². The molecule has 3 heteroatoms. The predicted octanol–water partition coefficient (Wildman–Crippen LogP) is 3.05. The van der Waals surface area contributed by atoms with Gasteiger partial charge in [-0.15, -0.1) is 0 Å². The first-order chi connectivity index (χ1) is 8.36. The van der Waals surface area contributed by atoms with E-state index in [4.69, 9.17) is 5.11 Å². The highest BCUT2D eigenvalue weighted by atomic mass is 16.4. The fourth-order valence-electron chi connectivity index (χ4n) is 3.69. The monoisotopic (exact) mass is 250 g/mol. The summed E-state index contributed by atoms with van der Waals surface area (Å²) in [7, 11) is 0. The Kier molecular flexibility index (Phi) is 3.35. The maximum absolute atomic E-state index is 11.9. The van der Waals surface area contributed by atoms with Crippen molar-refractivity contribution in [3.8, 4) is 0 Å². The summed E-state index contributed by atoms with van der Waals surface area (Å²) in [5.74, 6) is 0.0115. The molecule has 0 aromatic carbocycles. The molecule has 0 aliphatic heterocycles. The van der Waals surface area contributed by atoms with Gasteiger partial charge in [0.2, 0.25) is 0 Å². The van der Waals surface area contributed by atoms with Gasteiger partial charge in [-0.1, -0.05) is 25.8 Å². The van der Waals surface area contributed by atoms with Crippen molar-refractivity contribution in [1.29, 1.82) is 0 Å². The molecule has 3 nitrogen and oxygen atoms in total. The Labute approximate surface area is 108 Å². The number of carbonyl (C=O) groups excluding carboxylic acids is 1. The summed E-state index contributed by atoms with van der Waals surface area (Å²) in [4.78, 5) is 22.7. The van der Waals surface area contributed by atoms with Gasteiger partial charge < -0.3 is 5.11 Å². The third-order valence-electron chi connectivity index (χ3n) is 5.10. The second-order valence-corrected chi connectivity index (χ2v) is 6.27. The van der Waals surface area contributed by atoms with Crippen LogP contribution in [0, 0.1) is 23.2 Å². The highest BCUT2D eigenvalue weighted by Gasteiger charge is 2.56. The van der Waals surface area contributed by atoms with Crippen molar-refractivity contribution < 1.29 is 14.7 Å². The highest BCUT2D eigenvalue weighted by Crippen LogP contribution is 2.60. The van der Waals surface area contributed by atoms with Crippen LogP contribution in [0.1, 0.15) is 46.5 Å². The molecule has 0 heterocycles. The first-order valence-electron chi connectivity index (χ1n) is 6.81. The molecule has 1 N–H and O–H groups in total. The predicted molar refractivity (Wildman–Crippen MR) is 69.1 cm³/mol. The van der Waals surface area contributed by atoms with Crippen molar-refractivity contribution in [2.24, 2.45) is 23.2 Å². The zero-order chi connectivity index (χ0) is 13.5. The number of fused-ring (bicyclic) bond motifs is 1. The topological polar surface area (TPSA) is 54.4 Å². The van der Waals surface area contributed by atoms with Gasteiger partial charge >= 0.3 is 5.97 Å². The zero-order valence-corrected chi connectivity index (χ0v) is 11.4. The molecule has 0 radical (unpaired) electrons. The maximum Gasteiger partial charge on any atom is 0.306 e. The standard InChI is InChI=1S/C15H22O3/c1-9(14(17)18)5-4-6-15(3)11-8-12(15)13(16)7-10(11)2/h7,9,11-12H,4-6,8H2,1-3H3,(H,17,18)/t9-,11-,12+,15-/m0/s1. The maximum atomic E-state index is 11.9. The van der Waals surface area contributed by atoms with Crippen LogP contribution in [0.4, 0.5) is 0 Å². The molecule has 0 unspecified atom stereocenters. The fourth-order valence-corrected chi connectivity index (χ4v) is 3.69. The molecule has 3 aliphatic rings. The van der Waals surface area contributed by atoms with Crippen LogP contribution in [0.5, 0.6) is 0 Å². The Morgan fingerprint density at radius 1 is 1.56 bits per heavy atom. The first kappa shape index (κ1) is 13.3. The summed E-state index contributed by atoms with van der Waals surface area (Å²) in [5.41, 5.74) is 1.31. The number of carboxylic acids is 1. The van der Waals surface area contributed by atoms with Gasteiger partial charge in [0, 0.05) is 5.92 Å². The summed E-state index contributed by atoms with van der Waals surface area (Å²) >= 11 is 0. The van der Waals surface area contributed by atoms with Crippen molar-refractivity contribution in [1.82, 2.24) is 0 Å². The molecule has 0 amide bonds. The number of allylic oxidation sites excluding steroid dienone is 2. The van der Waals surface area contributed by atoms with E-state index in [9.17, 15) is 9.59 Å². The number of ketones is 1. The van der Waals surface area contributed by atoms with E-state index in [0.717, 1.165) is 19.3 Å². The molecule has 3 rings (SSSR count). The van der Waals surface area contributed by atoms with Gasteiger partial charge in [0.25, 0.3) is 0 Å². The van der Waals surface area contributed by atoms with Crippen LogP contribution in [0.2, 0.25) is 0 Å². The molecule has 3 aliphatic carbocycles. The summed E-state index contributed by atoms with van der Waals surface area (Å²) in [6.45, 7) is 6.00. The van der Waals surface area contributed by atoms with E-state index in [-0.39, 0.29) is 23.0 Å². The molecule has 0 aromatic heterocycles. The minimum absolute atomic E-state index is 0.0914. The van der Waals surface area contributed by atoms with E-state index >= 15 is 0 Å². The summed E-state index contributed by atoms with van der Waals surface area (Å²) in [6, 6.07) is 0. The van der Waals surface area contributed by atoms with Gasteiger partial charge in [0.15, 0.2) is 5.78 Å². The Hall–Kier alpha value is -1.12. The Morgan fingerprint density at radius 2 is 2.22 bits per heavy atom. The second kappa shape index (κ2) is 4.52. The van der Waals surface area contributed by atoms with Gasteiger partial charge in [-0.05, 0) is 43.6 Å². The number of carbonyl (C=O) groups is 2. The molecule has 100 valence electrons. The van der Waals surface area contributed by atoms with Crippen molar-refractivity contribution in [2.45, 2.75) is 46.5 Å². The number of aliphatic carboxylic acids is 1. The van der Waals surface area contributed by atoms with Crippen LogP contribution >= 0.6 is 0 Å². The molecule has 1 saturated carbocycles. The second-order valence-electron chi connectivity index (χ2n) is 6.27. The lowest BCUT2D eigenvalue weighted by atomic mass is 9.46. The summed E-state index contributed by atoms with van der Waals surface area (Å²) in [6.07, 6.45) is 5.39. The third kappa shape index (κ3) is 2.00. The van der Waals surface area contributed by atoms with Gasteiger partial charge in [0.05, 0.1) is 5.92 Å². The molecule has 1 fully saturated rings. The lowest BCUT2D eigenvalue weighted by Crippen LogP contribution is -2.53. The lowest BCUT2D eigenvalue weighted by Gasteiger charge is -2.57. The Morgan fingerprint density at radius 3 is 2.72 bits per heavy atom. The SMILES string of the molecule is CC1=CC(=O)[C@H]2C[C@@H]1[C@]2(C)CCC[C@H](C)C(=O)O. The minimum atomic E-state index is -0.721. The first-order valence-corrected chi connectivity index (χ1v) is 6.81. The molecular weight excluding hydrogens is 228 g/mol. The molecule has 2 bridgehead atoms. The van der Waals surface area contributed by atoms with Crippen molar-refractivity contribution in [2.75, 3.05) is 0 Å². The van der Waals surface area contributed by atoms with Crippen LogP contribution in [-0.4, -0.2) is 16.9 Å². The number of carboxylic acid groups (broad SMARTS) is 1. The Bertz CT molecular complexity index is 410. The van der Waals surface area contributed by atoms with Crippen molar-refractivity contribution >= 4 is 11.8 Å². The molecular formula is C15H22O3. The number of rotatable bonds is 5. The smallest absolute Gasteiger partial charge is 0.306 e. The van der Waals surface area contributed by atoms with Crippen LogP contribution in [-0.2, 0) is 9.59 Å². The van der Waals surface area contributed by atoms with Crippen molar-refractivity contribution in [3.63, 3.8) is 0 Å². The van der Waals surface area contributed by atoms with Gasteiger partial charge in [-0.2, -0.15) is 0 Å². The minimum Gasteiger partial charge on any atom is -0.481 e. The highest BCUT2D eigenvalue weighted by molar-refractivity contribution is 5.95. The molecule has 0 saturated heterocycles. The van der Waals surface area contributed by atoms with E-state index in [1.807, 2.05) is 0 Å². The van der Waals surface area contributed by atoms with E-state index in [1.54, 1.807) is 13.0 Å². The number of hydrogen-bond donors (Lipinski definition) is 1. The van der Waals surface area contributed by atoms with Crippen LogP contribution in [0.15, 0.2) is 11.6 Å². The quantitative estimate of drug-likeness (QED) is 0.816.